The number of nitro benzene ring substituents is 1. The lowest BCUT2D eigenvalue weighted by molar-refractivity contribution is -0.384. The summed E-state index contributed by atoms with van der Waals surface area (Å²) in [5.41, 5.74) is 1.62. The van der Waals surface area contributed by atoms with Crippen molar-refractivity contribution in [1.82, 2.24) is 9.78 Å². The highest BCUT2D eigenvalue weighted by Crippen LogP contribution is 2.19. The molecule has 0 N–H and O–H groups in total. The Morgan fingerprint density at radius 2 is 1.67 bits per heavy atom. The van der Waals surface area contributed by atoms with Gasteiger partial charge in [-0.1, -0.05) is 12.1 Å². The molecule has 0 bridgehead atoms. The van der Waals surface area contributed by atoms with Crippen molar-refractivity contribution in [2.24, 2.45) is 0 Å². The molecule has 1 aromatic heterocycles. The van der Waals surface area contributed by atoms with E-state index in [0.717, 1.165) is 5.56 Å². The van der Waals surface area contributed by atoms with Crippen molar-refractivity contribution in [2.45, 2.75) is 6.54 Å². The highest BCUT2D eigenvalue weighted by molar-refractivity contribution is 5.60. The maximum Gasteiger partial charge on any atom is 0.269 e. The second-order valence-electron chi connectivity index (χ2n) is 5.14. The number of aromatic nitrogens is 2. The van der Waals surface area contributed by atoms with Gasteiger partial charge >= 0.3 is 0 Å². The smallest absolute Gasteiger partial charge is 0.268 e. The number of non-ortho nitro benzene ring substituents is 1. The molecule has 120 valence electrons. The third-order valence-electron chi connectivity index (χ3n) is 3.49. The molecule has 3 aromatic rings. The molecule has 2 aromatic carbocycles. The minimum Gasteiger partial charge on any atom is -0.268 e. The van der Waals surface area contributed by atoms with Gasteiger partial charge in [-0.3, -0.25) is 14.9 Å². The van der Waals surface area contributed by atoms with E-state index >= 15 is 0 Å². The van der Waals surface area contributed by atoms with Gasteiger partial charge in [0.1, 0.15) is 5.82 Å². The fourth-order valence-electron chi connectivity index (χ4n) is 2.23. The van der Waals surface area contributed by atoms with E-state index in [1.54, 1.807) is 30.3 Å². The molecule has 1 heterocycles. The van der Waals surface area contributed by atoms with Gasteiger partial charge in [-0.25, -0.2) is 9.07 Å². The van der Waals surface area contributed by atoms with Crippen molar-refractivity contribution in [2.75, 3.05) is 0 Å². The molecule has 6 nitrogen and oxygen atoms in total. The van der Waals surface area contributed by atoms with Crippen LogP contribution >= 0.6 is 0 Å². The standard InChI is InChI=1S/C17H12FN3O3/c18-14-5-1-12(2-6-14)11-20-17(22)10-9-16(19-20)13-3-7-15(8-4-13)21(23)24/h1-10H,11H2. The minimum absolute atomic E-state index is 0.0154. The first kappa shape index (κ1) is 15.5. The SMILES string of the molecule is O=c1ccc(-c2ccc([N+](=O)[O-])cc2)nn1Cc1ccc(F)cc1. The Labute approximate surface area is 136 Å². The molecule has 0 radical (unpaired) electrons. The Hall–Kier alpha value is -3.35. The van der Waals surface area contributed by atoms with Gasteiger partial charge in [0.05, 0.1) is 17.2 Å². The van der Waals surface area contributed by atoms with Crippen molar-refractivity contribution in [3.05, 3.63) is 92.5 Å². The van der Waals surface area contributed by atoms with Crippen LogP contribution in [-0.4, -0.2) is 14.7 Å². The van der Waals surface area contributed by atoms with Crippen LogP contribution < -0.4 is 5.56 Å². The number of benzene rings is 2. The van der Waals surface area contributed by atoms with Crippen molar-refractivity contribution in [3.8, 4) is 11.3 Å². The molecule has 0 aliphatic heterocycles. The van der Waals surface area contributed by atoms with E-state index in [0.29, 0.717) is 11.3 Å². The molecule has 0 spiro atoms. The van der Waals surface area contributed by atoms with E-state index in [2.05, 4.69) is 5.10 Å². The Morgan fingerprint density at radius 3 is 2.29 bits per heavy atom. The normalized spacial score (nSPS) is 10.5. The zero-order valence-corrected chi connectivity index (χ0v) is 12.4. The van der Waals surface area contributed by atoms with Crippen LogP contribution in [0.2, 0.25) is 0 Å². The third kappa shape index (κ3) is 3.35. The lowest BCUT2D eigenvalue weighted by Gasteiger charge is -2.07. The summed E-state index contributed by atoms with van der Waals surface area (Å²) in [6.07, 6.45) is 0. The molecular formula is C17H12FN3O3. The zero-order valence-electron chi connectivity index (χ0n) is 12.4. The van der Waals surface area contributed by atoms with Crippen molar-refractivity contribution >= 4 is 5.69 Å². The molecule has 0 aliphatic carbocycles. The Balaban J connectivity index is 1.92. The van der Waals surface area contributed by atoms with E-state index in [4.69, 9.17) is 0 Å². The third-order valence-corrected chi connectivity index (χ3v) is 3.49. The first-order valence-electron chi connectivity index (χ1n) is 7.10. The van der Waals surface area contributed by atoms with Crippen molar-refractivity contribution < 1.29 is 9.31 Å². The van der Waals surface area contributed by atoms with Crippen LogP contribution in [0.3, 0.4) is 0 Å². The topological polar surface area (TPSA) is 78.0 Å². The zero-order chi connectivity index (χ0) is 17.1. The summed E-state index contributed by atoms with van der Waals surface area (Å²) in [7, 11) is 0. The number of halogens is 1. The van der Waals surface area contributed by atoms with E-state index in [1.165, 1.54) is 35.0 Å². The number of hydrogen-bond donors (Lipinski definition) is 0. The van der Waals surface area contributed by atoms with Crippen LogP contribution in [0.1, 0.15) is 5.56 Å². The fourth-order valence-corrected chi connectivity index (χ4v) is 2.23. The minimum atomic E-state index is -0.480. The number of nitrogens with zero attached hydrogens (tertiary/aromatic N) is 3. The molecule has 0 aliphatic rings. The van der Waals surface area contributed by atoms with Crippen LogP contribution in [0.4, 0.5) is 10.1 Å². The Bertz CT molecular complexity index is 935. The quantitative estimate of drug-likeness (QED) is 0.546. The van der Waals surface area contributed by atoms with Gasteiger partial charge in [0, 0.05) is 23.8 Å². The maximum absolute atomic E-state index is 12.9. The maximum atomic E-state index is 12.9. The number of nitro groups is 1. The summed E-state index contributed by atoms with van der Waals surface area (Å²) < 4.78 is 14.2. The number of rotatable bonds is 4. The Kier molecular flexibility index (Phi) is 4.15. The lowest BCUT2D eigenvalue weighted by atomic mass is 10.1. The predicted molar refractivity (Wildman–Crippen MR) is 86.1 cm³/mol. The van der Waals surface area contributed by atoms with Gasteiger partial charge in [-0.2, -0.15) is 5.10 Å². The predicted octanol–water partition coefficient (Wildman–Crippen LogP) is 3.01. The summed E-state index contributed by atoms with van der Waals surface area (Å²) in [5, 5.41) is 15.0. The summed E-state index contributed by atoms with van der Waals surface area (Å²) in [5.74, 6) is -0.348. The van der Waals surface area contributed by atoms with E-state index in [-0.39, 0.29) is 23.6 Å². The lowest BCUT2D eigenvalue weighted by Crippen LogP contribution is -2.22. The highest BCUT2D eigenvalue weighted by atomic mass is 19.1. The van der Waals surface area contributed by atoms with Crippen LogP contribution in [0.5, 0.6) is 0 Å². The molecular weight excluding hydrogens is 313 g/mol. The first-order chi connectivity index (χ1) is 11.5. The van der Waals surface area contributed by atoms with Gasteiger partial charge in [-0.05, 0) is 35.9 Å². The molecule has 7 heteroatoms. The van der Waals surface area contributed by atoms with E-state index in [1.807, 2.05) is 0 Å². The number of hydrogen-bond acceptors (Lipinski definition) is 4. The summed E-state index contributed by atoms with van der Waals surface area (Å²) in [4.78, 5) is 22.2. The Morgan fingerprint density at radius 1 is 1.00 bits per heavy atom. The summed E-state index contributed by atoms with van der Waals surface area (Å²) in [6, 6.07) is 14.7. The molecule has 0 saturated heterocycles. The van der Waals surface area contributed by atoms with Crippen molar-refractivity contribution in [3.63, 3.8) is 0 Å². The monoisotopic (exact) mass is 325 g/mol. The molecule has 0 fully saturated rings. The van der Waals surface area contributed by atoms with Gasteiger partial charge in [-0.15, -0.1) is 0 Å². The van der Waals surface area contributed by atoms with Gasteiger partial charge < -0.3 is 0 Å². The van der Waals surface area contributed by atoms with Crippen LogP contribution in [0, 0.1) is 15.9 Å². The van der Waals surface area contributed by atoms with E-state index < -0.39 is 4.92 Å². The molecule has 0 amide bonds. The molecule has 0 saturated carbocycles. The molecule has 3 rings (SSSR count). The highest BCUT2D eigenvalue weighted by Gasteiger charge is 2.08. The van der Waals surface area contributed by atoms with E-state index in [9.17, 15) is 19.3 Å². The summed E-state index contributed by atoms with van der Waals surface area (Å²) >= 11 is 0. The van der Waals surface area contributed by atoms with Gasteiger partial charge in [0.2, 0.25) is 0 Å². The van der Waals surface area contributed by atoms with Crippen molar-refractivity contribution in [1.29, 1.82) is 0 Å². The van der Waals surface area contributed by atoms with Gasteiger partial charge in [0.15, 0.2) is 0 Å². The van der Waals surface area contributed by atoms with Crippen LogP contribution in [0.25, 0.3) is 11.3 Å². The summed E-state index contributed by atoms with van der Waals surface area (Å²) in [6.45, 7) is 0.208. The first-order valence-corrected chi connectivity index (χ1v) is 7.10. The van der Waals surface area contributed by atoms with Crippen LogP contribution in [0.15, 0.2) is 65.5 Å². The van der Waals surface area contributed by atoms with Gasteiger partial charge in [0.25, 0.3) is 11.2 Å². The average Bonchev–Trinajstić information content (AvgIpc) is 2.59. The largest absolute Gasteiger partial charge is 0.269 e. The molecule has 24 heavy (non-hydrogen) atoms. The molecule has 0 atom stereocenters. The second-order valence-corrected chi connectivity index (χ2v) is 5.14. The average molecular weight is 325 g/mol. The molecule has 0 unspecified atom stereocenters. The van der Waals surface area contributed by atoms with Crippen LogP contribution in [-0.2, 0) is 6.54 Å². The second kappa shape index (κ2) is 6.41. The fraction of sp³-hybridized carbons (Fsp3) is 0.0588.